The largest absolute Gasteiger partial charge is 0.467 e. The van der Waals surface area contributed by atoms with E-state index in [9.17, 15) is 4.39 Å². The monoisotopic (exact) mass is 230 g/mol. The summed E-state index contributed by atoms with van der Waals surface area (Å²) in [5, 5.41) is 11.8. The van der Waals surface area contributed by atoms with Gasteiger partial charge in [0, 0.05) is 5.69 Å². The minimum Gasteiger partial charge on any atom is -0.467 e. The molecule has 86 valence electrons. The number of rotatable bonds is 3. The Morgan fingerprint density at radius 2 is 2.24 bits per heavy atom. The fraction of sp³-hybridized carbons (Fsp3) is 0.154. The summed E-state index contributed by atoms with van der Waals surface area (Å²) < 4.78 is 18.3. The van der Waals surface area contributed by atoms with Gasteiger partial charge in [0.15, 0.2) is 0 Å². The van der Waals surface area contributed by atoms with Crippen LogP contribution in [-0.4, -0.2) is 0 Å². The molecule has 1 N–H and O–H groups in total. The maximum Gasteiger partial charge on any atom is 0.141 e. The first kappa shape index (κ1) is 11.2. The van der Waals surface area contributed by atoms with E-state index in [2.05, 4.69) is 5.32 Å². The molecule has 0 radical (unpaired) electrons. The number of hydrogen-bond acceptors (Lipinski definition) is 3. The Kier molecular flexibility index (Phi) is 3.10. The molecule has 0 aliphatic heterocycles. The van der Waals surface area contributed by atoms with Crippen LogP contribution in [0, 0.1) is 24.1 Å². The molecule has 0 saturated heterocycles. The SMILES string of the molecule is Cc1ccoc1CNc1ccc(F)c(C#N)c1. The molecular formula is C13H11FN2O. The number of furan rings is 1. The molecule has 0 bridgehead atoms. The fourth-order valence-electron chi connectivity index (χ4n) is 1.49. The van der Waals surface area contributed by atoms with Crippen molar-refractivity contribution in [2.75, 3.05) is 5.32 Å². The highest BCUT2D eigenvalue weighted by Crippen LogP contribution is 2.16. The zero-order valence-electron chi connectivity index (χ0n) is 9.33. The second-order valence-electron chi connectivity index (χ2n) is 3.69. The summed E-state index contributed by atoms with van der Waals surface area (Å²) in [6.45, 7) is 2.46. The maximum absolute atomic E-state index is 13.1. The summed E-state index contributed by atoms with van der Waals surface area (Å²) in [7, 11) is 0. The first-order valence-corrected chi connectivity index (χ1v) is 5.17. The van der Waals surface area contributed by atoms with E-state index in [0.29, 0.717) is 12.2 Å². The molecule has 17 heavy (non-hydrogen) atoms. The zero-order chi connectivity index (χ0) is 12.3. The van der Waals surface area contributed by atoms with Crippen LogP contribution in [0.5, 0.6) is 0 Å². The molecule has 0 saturated carbocycles. The second kappa shape index (κ2) is 4.71. The molecule has 0 aliphatic rings. The average Bonchev–Trinajstić information content (AvgIpc) is 2.74. The lowest BCUT2D eigenvalue weighted by Crippen LogP contribution is -2.00. The maximum atomic E-state index is 13.1. The second-order valence-corrected chi connectivity index (χ2v) is 3.69. The molecule has 0 fully saturated rings. The molecule has 2 rings (SSSR count). The zero-order valence-corrected chi connectivity index (χ0v) is 9.33. The normalized spacial score (nSPS) is 9.94. The number of nitrogens with zero attached hydrogens (tertiary/aromatic N) is 1. The van der Waals surface area contributed by atoms with E-state index in [4.69, 9.17) is 9.68 Å². The molecular weight excluding hydrogens is 219 g/mol. The van der Waals surface area contributed by atoms with Crippen LogP contribution >= 0.6 is 0 Å². The number of hydrogen-bond donors (Lipinski definition) is 1. The highest BCUT2D eigenvalue weighted by molar-refractivity contribution is 5.50. The third kappa shape index (κ3) is 2.45. The molecule has 0 atom stereocenters. The minimum absolute atomic E-state index is 0.0335. The van der Waals surface area contributed by atoms with E-state index in [1.165, 1.54) is 12.1 Å². The lowest BCUT2D eigenvalue weighted by Gasteiger charge is -2.05. The number of aryl methyl sites for hydroxylation is 1. The van der Waals surface area contributed by atoms with Crippen molar-refractivity contribution in [3.05, 3.63) is 53.2 Å². The Labute approximate surface area is 98.5 Å². The highest BCUT2D eigenvalue weighted by Gasteiger charge is 2.04. The Balaban J connectivity index is 2.10. The summed E-state index contributed by atoms with van der Waals surface area (Å²) in [5.41, 5.74) is 1.78. The van der Waals surface area contributed by atoms with Crippen LogP contribution in [-0.2, 0) is 6.54 Å². The molecule has 2 aromatic rings. The Bertz CT molecular complexity index is 569. The molecule has 1 aromatic carbocycles. The first-order valence-electron chi connectivity index (χ1n) is 5.17. The van der Waals surface area contributed by atoms with E-state index in [-0.39, 0.29) is 5.56 Å². The van der Waals surface area contributed by atoms with Crippen molar-refractivity contribution in [3.63, 3.8) is 0 Å². The van der Waals surface area contributed by atoms with Gasteiger partial charge in [-0.3, -0.25) is 0 Å². The van der Waals surface area contributed by atoms with Gasteiger partial charge in [-0.15, -0.1) is 0 Å². The number of nitrogens with one attached hydrogen (secondary N) is 1. The third-order valence-electron chi connectivity index (χ3n) is 2.51. The van der Waals surface area contributed by atoms with Crippen molar-refractivity contribution in [2.24, 2.45) is 0 Å². The first-order chi connectivity index (χ1) is 8.20. The van der Waals surface area contributed by atoms with Crippen LogP contribution in [0.4, 0.5) is 10.1 Å². The third-order valence-corrected chi connectivity index (χ3v) is 2.51. The van der Waals surface area contributed by atoms with Gasteiger partial charge in [0.1, 0.15) is 17.6 Å². The summed E-state index contributed by atoms with van der Waals surface area (Å²) in [6, 6.07) is 8.02. The van der Waals surface area contributed by atoms with Crippen LogP contribution in [0.15, 0.2) is 34.9 Å². The smallest absolute Gasteiger partial charge is 0.141 e. The standard InChI is InChI=1S/C13H11FN2O/c1-9-4-5-17-13(9)8-16-11-2-3-12(14)10(6-11)7-15/h2-6,16H,8H2,1H3. The summed E-state index contributed by atoms with van der Waals surface area (Å²) in [5.74, 6) is 0.320. The van der Waals surface area contributed by atoms with Crippen molar-refractivity contribution in [1.82, 2.24) is 0 Å². The van der Waals surface area contributed by atoms with E-state index in [1.54, 1.807) is 18.4 Å². The van der Waals surface area contributed by atoms with Crippen molar-refractivity contribution < 1.29 is 8.81 Å². The molecule has 1 heterocycles. The van der Waals surface area contributed by atoms with Gasteiger partial charge in [-0.25, -0.2) is 4.39 Å². The molecule has 3 nitrogen and oxygen atoms in total. The number of nitriles is 1. The lowest BCUT2D eigenvalue weighted by atomic mass is 10.2. The van der Waals surface area contributed by atoms with Gasteiger partial charge < -0.3 is 9.73 Å². The quantitative estimate of drug-likeness (QED) is 0.880. The molecule has 0 unspecified atom stereocenters. The van der Waals surface area contributed by atoms with E-state index in [1.807, 2.05) is 13.0 Å². The number of halogens is 1. The van der Waals surface area contributed by atoms with Crippen LogP contribution in [0.2, 0.25) is 0 Å². The molecule has 0 aliphatic carbocycles. The van der Waals surface area contributed by atoms with Crippen LogP contribution in [0.25, 0.3) is 0 Å². The van der Waals surface area contributed by atoms with E-state index >= 15 is 0 Å². The van der Waals surface area contributed by atoms with Gasteiger partial charge in [0.25, 0.3) is 0 Å². The fourth-order valence-corrected chi connectivity index (χ4v) is 1.49. The number of benzene rings is 1. The van der Waals surface area contributed by atoms with Gasteiger partial charge in [0.2, 0.25) is 0 Å². The van der Waals surface area contributed by atoms with Gasteiger partial charge in [0.05, 0.1) is 18.4 Å². The number of anilines is 1. The summed E-state index contributed by atoms with van der Waals surface area (Å²) >= 11 is 0. The Morgan fingerprint density at radius 1 is 1.41 bits per heavy atom. The van der Waals surface area contributed by atoms with Gasteiger partial charge in [-0.1, -0.05) is 0 Å². The van der Waals surface area contributed by atoms with Crippen molar-refractivity contribution in [2.45, 2.75) is 13.5 Å². The van der Waals surface area contributed by atoms with Gasteiger partial charge in [-0.05, 0) is 36.8 Å². The molecule has 1 aromatic heterocycles. The van der Waals surface area contributed by atoms with E-state index in [0.717, 1.165) is 11.3 Å². The Morgan fingerprint density at radius 3 is 2.88 bits per heavy atom. The van der Waals surface area contributed by atoms with Crippen LogP contribution < -0.4 is 5.32 Å². The average molecular weight is 230 g/mol. The topological polar surface area (TPSA) is 49.0 Å². The predicted octanol–water partition coefficient (Wildman–Crippen LogP) is 3.21. The molecule has 0 amide bonds. The predicted molar refractivity (Wildman–Crippen MR) is 61.9 cm³/mol. The molecule has 4 heteroatoms. The van der Waals surface area contributed by atoms with Gasteiger partial charge >= 0.3 is 0 Å². The van der Waals surface area contributed by atoms with E-state index < -0.39 is 5.82 Å². The lowest BCUT2D eigenvalue weighted by molar-refractivity contribution is 0.515. The van der Waals surface area contributed by atoms with Crippen molar-refractivity contribution in [3.8, 4) is 6.07 Å². The van der Waals surface area contributed by atoms with Crippen molar-refractivity contribution in [1.29, 1.82) is 5.26 Å². The Hall–Kier alpha value is -2.28. The van der Waals surface area contributed by atoms with Gasteiger partial charge in [-0.2, -0.15) is 5.26 Å². The summed E-state index contributed by atoms with van der Waals surface area (Å²) in [4.78, 5) is 0. The van der Waals surface area contributed by atoms with Crippen LogP contribution in [0.1, 0.15) is 16.9 Å². The highest BCUT2D eigenvalue weighted by atomic mass is 19.1. The van der Waals surface area contributed by atoms with Crippen LogP contribution in [0.3, 0.4) is 0 Å². The minimum atomic E-state index is -0.507. The molecule has 0 spiro atoms. The van der Waals surface area contributed by atoms with Crippen molar-refractivity contribution >= 4 is 5.69 Å². The summed E-state index contributed by atoms with van der Waals surface area (Å²) in [6.07, 6.45) is 1.62.